The van der Waals surface area contributed by atoms with Crippen LogP contribution in [0.1, 0.15) is 90.4 Å². The number of aromatic carboxylic acids is 1. The third-order valence-electron chi connectivity index (χ3n) is 5.96. The van der Waals surface area contributed by atoms with Gasteiger partial charge in [-0.15, -0.1) is 0 Å². The molecule has 0 saturated heterocycles. The number of allylic oxidation sites excluding steroid dienone is 6. The number of nitrogens with zero attached hydrogens (tertiary/aromatic N) is 1. The molecule has 0 heterocycles. The largest absolute Gasteiger partial charge is 0.478 e. The number of carboxylic acids is 1. The molecule has 0 atom stereocenters. The van der Waals surface area contributed by atoms with Crippen LogP contribution in [0.5, 0.6) is 0 Å². The van der Waals surface area contributed by atoms with E-state index in [0.29, 0.717) is 5.56 Å². The SMILES string of the molecule is CCC(C)=CCCC(C)=CCN(CC=C(C)CCC=C(C)CC)c1cccc(C(=O)O)c1. The van der Waals surface area contributed by atoms with Crippen molar-refractivity contribution in [1.82, 2.24) is 0 Å². The van der Waals surface area contributed by atoms with Gasteiger partial charge in [0.1, 0.15) is 0 Å². The van der Waals surface area contributed by atoms with E-state index in [1.165, 1.54) is 22.3 Å². The maximum atomic E-state index is 11.5. The van der Waals surface area contributed by atoms with Crippen molar-refractivity contribution < 1.29 is 9.90 Å². The molecular weight excluding hydrogens is 394 g/mol. The first-order valence-electron chi connectivity index (χ1n) is 12.0. The molecule has 0 saturated carbocycles. The molecule has 3 nitrogen and oxygen atoms in total. The summed E-state index contributed by atoms with van der Waals surface area (Å²) in [6.45, 7) is 14.7. The molecule has 0 unspecified atom stereocenters. The maximum absolute atomic E-state index is 11.5. The standard InChI is InChI=1S/C29H43NO2/c1-7-23(3)12-9-14-25(5)18-20-30(28-17-11-16-27(22-28)29(31)32)21-19-26(6)15-10-13-24(4)8-2/h11-13,16-19,22H,7-10,14-15,20-21H2,1-6H3,(H,31,32). The van der Waals surface area contributed by atoms with Crippen LogP contribution < -0.4 is 4.90 Å². The minimum absolute atomic E-state index is 0.328. The highest BCUT2D eigenvalue weighted by molar-refractivity contribution is 5.88. The lowest BCUT2D eigenvalue weighted by atomic mass is 10.1. The van der Waals surface area contributed by atoms with Crippen LogP contribution in [0.15, 0.2) is 70.9 Å². The summed E-state index contributed by atoms with van der Waals surface area (Å²) < 4.78 is 0. The molecule has 1 aromatic rings. The van der Waals surface area contributed by atoms with Gasteiger partial charge in [0.05, 0.1) is 5.56 Å². The van der Waals surface area contributed by atoms with Crippen LogP contribution in [-0.4, -0.2) is 24.2 Å². The van der Waals surface area contributed by atoms with Crippen LogP contribution in [0.2, 0.25) is 0 Å². The molecule has 1 rings (SSSR count). The Hall–Kier alpha value is -2.55. The van der Waals surface area contributed by atoms with Gasteiger partial charge in [-0.2, -0.15) is 0 Å². The van der Waals surface area contributed by atoms with E-state index in [4.69, 9.17) is 0 Å². The molecule has 0 aromatic heterocycles. The Kier molecular flexibility index (Phi) is 13.1. The van der Waals surface area contributed by atoms with Crippen LogP contribution in [0.3, 0.4) is 0 Å². The zero-order valence-electron chi connectivity index (χ0n) is 21.1. The number of benzene rings is 1. The molecule has 176 valence electrons. The fraction of sp³-hybridized carbons (Fsp3) is 0.483. The van der Waals surface area contributed by atoms with Gasteiger partial charge in [-0.25, -0.2) is 4.79 Å². The molecule has 1 aromatic carbocycles. The Morgan fingerprint density at radius 1 is 0.812 bits per heavy atom. The summed E-state index contributed by atoms with van der Waals surface area (Å²) in [5.41, 5.74) is 6.88. The maximum Gasteiger partial charge on any atom is 0.335 e. The molecule has 32 heavy (non-hydrogen) atoms. The van der Waals surface area contributed by atoms with E-state index in [1.807, 2.05) is 12.1 Å². The lowest BCUT2D eigenvalue weighted by Gasteiger charge is -2.23. The molecule has 0 aliphatic carbocycles. The highest BCUT2D eigenvalue weighted by atomic mass is 16.4. The van der Waals surface area contributed by atoms with Crippen LogP contribution >= 0.6 is 0 Å². The Bertz CT molecular complexity index is 800. The molecule has 0 aliphatic heterocycles. The summed E-state index contributed by atoms with van der Waals surface area (Å²) in [4.78, 5) is 13.7. The fourth-order valence-electron chi connectivity index (χ4n) is 3.24. The van der Waals surface area contributed by atoms with Gasteiger partial charge in [-0.05, 0) is 84.4 Å². The van der Waals surface area contributed by atoms with Gasteiger partial charge >= 0.3 is 5.97 Å². The van der Waals surface area contributed by atoms with Gasteiger partial charge in [0.25, 0.3) is 0 Å². The van der Waals surface area contributed by atoms with E-state index < -0.39 is 5.97 Å². The topological polar surface area (TPSA) is 40.5 Å². The van der Waals surface area contributed by atoms with Gasteiger partial charge in [-0.3, -0.25) is 0 Å². The molecule has 0 radical (unpaired) electrons. The zero-order chi connectivity index (χ0) is 23.9. The minimum atomic E-state index is -0.888. The van der Waals surface area contributed by atoms with Gasteiger partial charge in [0, 0.05) is 18.8 Å². The highest BCUT2D eigenvalue weighted by Gasteiger charge is 2.08. The molecule has 0 fully saturated rings. The van der Waals surface area contributed by atoms with Crippen molar-refractivity contribution in [1.29, 1.82) is 0 Å². The summed E-state index contributed by atoms with van der Waals surface area (Å²) >= 11 is 0. The average molecular weight is 438 g/mol. The number of hydrogen-bond donors (Lipinski definition) is 1. The van der Waals surface area contributed by atoms with E-state index in [2.05, 4.69) is 70.7 Å². The second-order valence-electron chi connectivity index (χ2n) is 8.75. The zero-order valence-corrected chi connectivity index (χ0v) is 21.1. The van der Waals surface area contributed by atoms with Crippen molar-refractivity contribution in [2.45, 2.75) is 80.1 Å². The monoisotopic (exact) mass is 437 g/mol. The first-order valence-corrected chi connectivity index (χ1v) is 12.0. The first kappa shape index (κ1) is 27.5. The number of rotatable bonds is 14. The molecule has 0 amide bonds. The summed E-state index contributed by atoms with van der Waals surface area (Å²) in [6, 6.07) is 7.25. The van der Waals surface area contributed by atoms with Crippen LogP contribution in [-0.2, 0) is 0 Å². The number of anilines is 1. The van der Waals surface area contributed by atoms with Gasteiger partial charge in [-0.1, -0.05) is 66.5 Å². The van der Waals surface area contributed by atoms with Crippen molar-refractivity contribution in [2.24, 2.45) is 0 Å². The van der Waals surface area contributed by atoms with E-state index in [0.717, 1.165) is 57.3 Å². The fourth-order valence-corrected chi connectivity index (χ4v) is 3.24. The Balaban J connectivity index is 2.92. The average Bonchev–Trinajstić information content (AvgIpc) is 2.78. The summed E-state index contributed by atoms with van der Waals surface area (Å²) in [5, 5.41) is 9.40. The van der Waals surface area contributed by atoms with Crippen molar-refractivity contribution in [3.63, 3.8) is 0 Å². The third-order valence-corrected chi connectivity index (χ3v) is 5.96. The van der Waals surface area contributed by atoms with E-state index in [9.17, 15) is 9.90 Å². The number of carbonyl (C=O) groups is 1. The van der Waals surface area contributed by atoms with E-state index in [1.54, 1.807) is 12.1 Å². The van der Waals surface area contributed by atoms with E-state index >= 15 is 0 Å². The van der Waals surface area contributed by atoms with Gasteiger partial charge in [0.2, 0.25) is 0 Å². The molecule has 0 aliphatic rings. The van der Waals surface area contributed by atoms with Crippen molar-refractivity contribution in [2.75, 3.05) is 18.0 Å². The smallest absolute Gasteiger partial charge is 0.335 e. The highest BCUT2D eigenvalue weighted by Crippen LogP contribution is 2.19. The van der Waals surface area contributed by atoms with Crippen molar-refractivity contribution in [3.05, 3.63) is 76.4 Å². The quantitative estimate of drug-likeness (QED) is 0.297. The number of carboxylic acid groups (broad SMARTS) is 1. The minimum Gasteiger partial charge on any atom is -0.478 e. The summed E-state index contributed by atoms with van der Waals surface area (Å²) in [7, 11) is 0. The molecule has 0 bridgehead atoms. The second kappa shape index (κ2) is 15.3. The predicted octanol–water partition coefficient (Wildman–Crippen LogP) is 8.36. The molecule has 0 spiro atoms. The van der Waals surface area contributed by atoms with Crippen molar-refractivity contribution >= 4 is 11.7 Å². The Labute approximate surface area is 196 Å². The summed E-state index contributed by atoms with van der Waals surface area (Å²) in [6.07, 6.45) is 15.7. The number of hydrogen-bond acceptors (Lipinski definition) is 2. The summed E-state index contributed by atoms with van der Waals surface area (Å²) in [5.74, 6) is -0.888. The second-order valence-corrected chi connectivity index (χ2v) is 8.75. The lowest BCUT2D eigenvalue weighted by molar-refractivity contribution is 0.0697. The molecule has 1 N–H and O–H groups in total. The normalized spacial score (nSPS) is 13.4. The Morgan fingerprint density at radius 2 is 1.31 bits per heavy atom. The van der Waals surface area contributed by atoms with Gasteiger partial charge in [0.15, 0.2) is 0 Å². The van der Waals surface area contributed by atoms with Crippen molar-refractivity contribution in [3.8, 4) is 0 Å². The lowest BCUT2D eigenvalue weighted by Crippen LogP contribution is -2.24. The van der Waals surface area contributed by atoms with Crippen LogP contribution in [0.4, 0.5) is 5.69 Å². The predicted molar refractivity (Wildman–Crippen MR) is 140 cm³/mol. The Morgan fingerprint density at radius 3 is 1.75 bits per heavy atom. The van der Waals surface area contributed by atoms with Crippen LogP contribution in [0.25, 0.3) is 0 Å². The van der Waals surface area contributed by atoms with E-state index in [-0.39, 0.29) is 0 Å². The van der Waals surface area contributed by atoms with Crippen LogP contribution in [0, 0.1) is 0 Å². The first-order chi connectivity index (χ1) is 15.3. The molecular formula is C29H43NO2. The third kappa shape index (κ3) is 11.2. The van der Waals surface area contributed by atoms with Gasteiger partial charge < -0.3 is 10.0 Å². The molecule has 3 heteroatoms.